The third-order valence-electron chi connectivity index (χ3n) is 3.70. The number of aliphatic carboxylic acids is 1. The van der Waals surface area contributed by atoms with E-state index in [2.05, 4.69) is 0 Å². The van der Waals surface area contributed by atoms with Crippen LogP contribution in [0.5, 0.6) is 5.75 Å². The van der Waals surface area contributed by atoms with Crippen LogP contribution in [0.15, 0.2) is 18.2 Å². The van der Waals surface area contributed by atoms with E-state index in [-0.39, 0.29) is 5.91 Å². The Morgan fingerprint density at radius 3 is 2.81 bits per heavy atom. The second-order valence-electron chi connectivity index (χ2n) is 5.43. The van der Waals surface area contributed by atoms with Crippen molar-refractivity contribution in [3.8, 4) is 5.75 Å². The topological polar surface area (TPSA) is 70.1 Å². The van der Waals surface area contributed by atoms with Gasteiger partial charge in [-0.25, -0.2) is 0 Å². The van der Waals surface area contributed by atoms with E-state index in [1.165, 1.54) is 0 Å². The van der Waals surface area contributed by atoms with Gasteiger partial charge in [0, 0.05) is 32.4 Å². The summed E-state index contributed by atoms with van der Waals surface area (Å²) in [5.41, 5.74) is 1.58. The van der Waals surface area contributed by atoms with Crippen LogP contribution >= 0.6 is 0 Å². The van der Waals surface area contributed by atoms with Crippen LogP contribution in [0, 0.1) is 5.92 Å². The average molecular weight is 292 g/mol. The standard InChI is InChI=1S/C15H20N2O4/c1-9(15(19)20)8-16(3)11-5-6-12-13(7-11)21-10(2)14(18)17(12)4/h5-7,9-10H,8H2,1-4H3,(H,19,20). The molecule has 1 aliphatic heterocycles. The quantitative estimate of drug-likeness (QED) is 0.912. The van der Waals surface area contributed by atoms with Crippen molar-refractivity contribution in [2.75, 3.05) is 30.4 Å². The summed E-state index contributed by atoms with van der Waals surface area (Å²) in [7, 11) is 3.55. The molecule has 1 aromatic carbocycles. The molecule has 0 fully saturated rings. The first-order valence-electron chi connectivity index (χ1n) is 6.83. The smallest absolute Gasteiger partial charge is 0.308 e. The fourth-order valence-electron chi connectivity index (χ4n) is 2.34. The minimum absolute atomic E-state index is 0.0805. The van der Waals surface area contributed by atoms with Gasteiger partial charge in [-0.05, 0) is 19.1 Å². The number of fused-ring (bicyclic) bond motifs is 1. The van der Waals surface area contributed by atoms with E-state index in [0.29, 0.717) is 12.3 Å². The van der Waals surface area contributed by atoms with Crippen molar-refractivity contribution in [2.45, 2.75) is 20.0 Å². The Morgan fingerprint density at radius 2 is 2.19 bits per heavy atom. The lowest BCUT2D eigenvalue weighted by Gasteiger charge is -2.31. The molecule has 0 radical (unpaired) electrons. The largest absolute Gasteiger partial charge is 0.481 e. The molecule has 1 aliphatic rings. The Hall–Kier alpha value is -2.24. The molecule has 0 aliphatic carbocycles. The summed E-state index contributed by atoms with van der Waals surface area (Å²) < 4.78 is 5.62. The van der Waals surface area contributed by atoms with Crippen LogP contribution in [-0.2, 0) is 9.59 Å². The van der Waals surface area contributed by atoms with E-state index in [9.17, 15) is 9.59 Å². The lowest BCUT2D eigenvalue weighted by atomic mass is 10.1. The maximum atomic E-state index is 11.9. The van der Waals surface area contributed by atoms with E-state index < -0.39 is 18.0 Å². The van der Waals surface area contributed by atoms with Gasteiger partial charge in [0.1, 0.15) is 5.75 Å². The Bertz CT molecular complexity index is 573. The summed E-state index contributed by atoms with van der Waals surface area (Å²) in [6.07, 6.45) is -0.513. The number of nitrogens with zero attached hydrogens (tertiary/aromatic N) is 2. The zero-order valence-electron chi connectivity index (χ0n) is 12.7. The van der Waals surface area contributed by atoms with Crippen LogP contribution in [-0.4, -0.2) is 43.7 Å². The molecule has 6 nitrogen and oxygen atoms in total. The van der Waals surface area contributed by atoms with Gasteiger partial charge in [0.25, 0.3) is 5.91 Å². The SMILES string of the molecule is CC(CN(C)c1ccc2c(c1)OC(C)C(=O)N2C)C(=O)O. The van der Waals surface area contributed by atoms with Crippen molar-refractivity contribution < 1.29 is 19.4 Å². The molecule has 0 bridgehead atoms. The molecule has 21 heavy (non-hydrogen) atoms. The fraction of sp³-hybridized carbons (Fsp3) is 0.467. The van der Waals surface area contributed by atoms with E-state index >= 15 is 0 Å². The monoisotopic (exact) mass is 292 g/mol. The molecule has 2 rings (SSSR count). The van der Waals surface area contributed by atoms with Crippen LogP contribution in [0.3, 0.4) is 0 Å². The molecule has 6 heteroatoms. The highest BCUT2D eigenvalue weighted by Gasteiger charge is 2.29. The fourth-order valence-corrected chi connectivity index (χ4v) is 2.34. The first-order valence-corrected chi connectivity index (χ1v) is 6.83. The maximum Gasteiger partial charge on any atom is 0.308 e. The third-order valence-corrected chi connectivity index (χ3v) is 3.70. The number of likely N-dealkylation sites (N-methyl/N-ethyl adjacent to an activating group) is 1. The molecule has 1 aromatic rings. The van der Waals surface area contributed by atoms with Gasteiger partial charge in [0.15, 0.2) is 6.10 Å². The van der Waals surface area contributed by atoms with E-state index in [1.54, 1.807) is 25.8 Å². The normalized spacial score (nSPS) is 18.8. The molecule has 2 atom stereocenters. The lowest BCUT2D eigenvalue weighted by molar-refractivity contribution is -0.140. The number of ether oxygens (including phenoxy) is 1. The number of hydrogen-bond acceptors (Lipinski definition) is 4. The summed E-state index contributed by atoms with van der Waals surface area (Å²) in [6.45, 7) is 3.78. The van der Waals surface area contributed by atoms with E-state index in [0.717, 1.165) is 11.4 Å². The predicted octanol–water partition coefficient (Wildman–Crippen LogP) is 1.59. The summed E-state index contributed by atoms with van der Waals surface area (Å²) >= 11 is 0. The molecular formula is C15H20N2O4. The van der Waals surface area contributed by atoms with Crippen molar-refractivity contribution in [1.82, 2.24) is 0 Å². The minimum atomic E-state index is -0.824. The van der Waals surface area contributed by atoms with Crippen LogP contribution in [0.2, 0.25) is 0 Å². The third kappa shape index (κ3) is 2.94. The summed E-state index contributed by atoms with van der Waals surface area (Å²) in [4.78, 5) is 26.2. The maximum absolute atomic E-state index is 11.9. The van der Waals surface area contributed by atoms with Gasteiger partial charge in [0.05, 0.1) is 11.6 Å². The molecule has 114 valence electrons. The second kappa shape index (κ2) is 5.63. The lowest BCUT2D eigenvalue weighted by Crippen LogP contribution is -2.42. The van der Waals surface area contributed by atoms with Gasteiger partial charge in [-0.1, -0.05) is 6.92 Å². The molecule has 1 heterocycles. The van der Waals surface area contributed by atoms with Crippen molar-refractivity contribution in [3.63, 3.8) is 0 Å². The molecular weight excluding hydrogens is 272 g/mol. The van der Waals surface area contributed by atoms with Gasteiger partial charge in [0.2, 0.25) is 0 Å². The number of carbonyl (C=O) groups excluding carboxylic acids is 1. The highest BCUT2D eigenvalue weighted by atomic mass is 16.5. The van der Waals surface area contributed by atoms with Gasteiger partial charge in [-0.15, -0.1) is 0 Å². The molecule has 2 unspecified atom stereocenters. The molecule has 1 amide bonds. The summed E-state index contributed by atoms with van der Waals surface area (Å²) in [5.74, 6) is -0.731. The second-order valence-corrected chi connectivity index (χ2v) is 5.43. The number of anilines is 2. The van der Waals surface area contributed by atoms with Gasteiger partial charge >= 0.3 is 5.97 Å². The predicted molar refractivity (Wildman–Crippen MR) is 80.0 cm³/mol. The van der Waals surface area contributed by atoms with Crippen molar-refractivity contribution in [1.29, 1.82) is 0 Å². The van der Waals surface area contributed by atoms with Gasteiger partial charge < -0.3 is 19.6 Å². The Labute approximate surface area is 123 Å². The number of carboxylic acid groups (broad SMARTS) is 1. The number of carboxylic acids is 1. The van der Waals surface area contributed by atoms with Crippen molar-refractivity contribution in [2.24, 2.45) is 5.92 Å². The van der Waals surface area contributed by atoms with Gasteiger partial charge in [-0.3, -0.25) is 9.59 Å². The number of hydrogen-bond donors (Lipinski definition) is 1. The van der Waals surface area contributed by atoms with Crippen LogP contribution < -0.4 is 14.5 Å². The molecule has 0 saturated carbocycles. The molecule has 1 N–H and O–H groups in total. The van der Waals surface area contributed by atoms with Crippen LogP contribution in [0.4, 0.5) is 11.4 Å². The zero-order valence-corrected chi connectivity index (χ0v) is 12.7. The van der Waals surface area contributed by atoms with E-state index in [4.69, 9.17) is 9.84 Å². The first-order chi connectivity index (χ1) is 9.81. The molecule has 0 saturated heterocycles. The summed E-state index contributed by atoms with van der Waals surface area (Å²) in [5, 5.41) is 8.97. The van der Waals surface area contributed by atoms with Crippen LogP contribution in [0.1, 0.15) is 13.8 Å². The highest BCUT2D eigenvalue weighted by molar-refractivity contribution is 5.99. The Kier molecular flexibility index (Phi) is 4.06. The van der Waals surface area contributed by atoms with Crippen molar-refractivity contribution >= 4 is 23.3 Å². The Morgan fingerprint density at radius 1 is 1.52 bits per heavy atom. The Balaban J connectivity index is 2.23. The number of benzene rings is 1. The minimum Gasteiger partial charge on any atom is -0.481 e. The first kappa shape index (κ1) is 15.2. The average Bonchev–Trinajstić information content (AvgIpc) is 2.44. The van der Waals surface area contributed by atoms with Crippen LogP contribution in [0.25, 0.3) is 0 Å². The number of carbonyl (C=O) groups is 2. The number of rotatable bonds is 4. The highest BCUT2D eigenvalue weighted by Crippen LogP contribution is 2.36. The van der Waals surface area contributed by atoms with Crippen molar-refractivity contribution in [3.05, 3.63) is 18.2 Å². The number of amides is 1. The van der Waals surface area contributed by atoms with Gasteiger partial charge in [-0.2, -0.15) is 0 Å². The molecule has 0 spiro atoms. The summed E-state index contributed by atoms with van der Waals surface area (Å²) in [6, 6.07) is 5.51. The van der Waals surface area contributed by atoms with E-state index in [1.807, 2.05) is 30.1 Å². The zero-order chi connectivity index (χ0) is 15.7. The molecule has 0 aromatic heterocycles.